The van der Waals surface area contributed by atoms with Crippen LogP contribution in [-0.2, 0) is 4.74 Å². The first kappa shape index (κ1) is 11.0. The SMILES string of the molecule is COC1CC(C)(C)N([O-])C(C)(C)C1. The smallest absolute Gasteiger partial charge is 0.0605 e. The lowest BCUT2D eigenvalue weighted by Crippen LogP contribution is -2.59. The second-order valence-corrected chi connectivity index (χ2v) is 5.19. The minimum atomic E-state index is -0.303. The molecule has 0 aromatic heterocycles. The number of nitrogens with zero attached hydrogens (tertiary/aromatic N) is 1. The summed E-state index contributed by atoms with van der Waals surface area (Å²) in [5.74, 6) is 0. The highest BCUT2D eigenvalue weighted by atomic mass is 16.5. The number of ether oxygens (including phenoxy) is 1. The Balaban J connectivity index is 2.82. The van der Waals surface area contributed by atoms with Crippen molar-refractivity contribution in [2.75, 3.05) is 7.11 Å². The molecule has 3 heteroatoms. The van der Waals surface area contributed by atoms with Crippen LogP contribution >= 0.6 is 0 Å². The summed E-state index contributed by atoms with van der Waals surface area (Å²) in [5, 5.41) is 13.1. The van der Waals surface area contributed by atoms with Crippen LogP contribution in [0.5, 0.6) is 0 Å². The first-order valence-electron chi connectivity index (χ1n) is 4.80. The number of hydroxylamine groups is 2. The van der Waals surface area contributed by atoms with Gasteiger partial charge in [0.1, 0.15) is 0 Å². The molecule has 78 valence electrons. The minimum Gasteiger partial charge on any atom is -0.784 e. The second-order valence-electron chi connectivity index (χ2n) is 5.19. The van der Waals surface area contributed by atoms with E-state index in [-0.39, 0.29) is 17.2 Å². The van der Waals surface area contributed by atoms with E-state index in [0.717, 1.165) is 12.8 Å². The molecule has 1 aliphatic heterocycles. The molecule has 0 unspecified atom stereocenters. The van der Waals surface area contributed by atoms with Gasteiger partial charge in [-0.25, -0.2) is 0 Å². The quantitative estimate of drug-likeness (QED) is 0.629. The van der Waals surface area contributed by atoms with Gasteiger partial charge in [0.25, 0.3) is 0 Å². The second kappa shape index (κ2) is 3.23. The summed E-state index contributed by atoms with van der Waals surface area (Å²) in [5.41, 5.74) is -0.606. The fraction of sp³-hybridized carbons (Fsp3) is 1.00. The number of hydrogen-bond acceptors (Lipinski definition) is 3. The van der Waals surface area contributed by atoms with Crippen molar-refractivity contribution in [1.82, 2.24) is 5.06 Å². The molecule has 0 saturated carbocycles. The average Bonchev–Trinajstić information content (AvgIpc) is 1.99. The summed E-state index contributed by atoms with van der Waals surface area (Å²) in [6, 6.07) is 0. The maximum atomic E-state index is 11.9. The molecule has 0 N–H and O–H groups in total. The van der Waals surface area contributed by atoms with Crippen molar-refractivity contribution in [2.24, 2.45) is 0 Å². The van der Waals surface area contributed by atoms with E-state index in [1.165, 1.54) is 5.06 Å². The minimum absolute atomic E-state index is 0.218. The Morgan fingerprint density at radius 2 is 1.54 bits per heavy atom. The third kappa shape index (κ3) is 2.03. The standard InChI is InChI=1S/C10H20NO2/c1-9(2)6-8(13-5)7-10(3,4)11(9)12/h8H,6-7H2,1-5H3/q-1. The third-order valence-corrected chi connectivity index (χ3v) is 2.89. The molecular formula is C10H20NO2-. The zero-order valence-electron chi connectivity index (χ0n) is 9.26. The zero-order valence-corrected chi connectivity index (χ0v) is 9.26. The summed E-state index contributed by atoms with van der Waals surface area (Å²) in [6.45, 7) is 7.92. The van der Waals surface area contributed by atoms with Crippen molar-refractivity contribution in [3.05, 3.63) is 5.21 Å². The topological polar surface area (TPSA) is 35.5 Å². The molecule has 0 aromatic carbocycles. The molecule has 1 rings (SSSR count). The molecule has 0 bridgehead atoms. The Morgan fingerprint density at radius 3 is 1.85 bits per heavy atom. The van der Waals surface area contributed by atoms with E-state index in [1.807, 2.05) is 27.7 Å². The summed E-state index contributed by atoms with van der Waals surface area (Å²) in [7, 11) is 1.72. The van der Waals surface area contributed by atoms with Crippen LogP contribution in [0, 0.1) is 5.21 Å². The van der Waals surface area contributed by atoms with Crippen molar-refractivity contribution in [1.29, 1.82) is 0 Å². The van der Waals surface area contributed by atoms with Crippen molar-refractivity contribution >= 4 is 0 Å². The fourth-order valence-electron chi connectivity index (χ4n) is 2.34. The highest BCUT2D eigenvalue weighted by molar-refractivity contribution is 5.00. The Morgan fingerprint density at radius 1 is 1.15 bits per heavy atom. The van der Waals surface area contributed by atoms with Gasteiger partial charge in [-0.2, -0.15) is 0 Å². The molecule has 1 fully saturated rings. The van der Waals surface area contributed by atoms with E-state index in [2.05, 4.69) is 0 Å². The lowest BCUT2D eigenvalue weighted by molar-refractivity contribution is -0.0661. The summed E-state index contributed by atoms with van der Waals surface area (Å²) >= 11 is 0. The monoisotopic (exact) mass is 186 g/mol. The van der Waals surface area contributed by atoms with Gasteiger partial charge < -0.3 is 15.0 Å². The maximum absolute atomic E-state index is 11.9. The summed E-state index contributed by atoms with van der Waals surface area (Å²) in [4.78, 5) is 0. The molecule has 1 saturated heterocycles. The van der Waals surface area contributed by atoms with Crippen molar-refractivity contribution in [2.45, 2.75) is 57.7 Å². The van der Waals surface area contributed by atoms with Crippen LogP contribution < -0.4 is 0 Å². The van der Waals surface area contributed by atoms with Crippen LogP contribution in [0.2, 0.25) is 0 Å². The number of hydrogen-bond donors (Lipinski definition) is 0. The van der Waals surface area contributed by atoms with E-state index >= 15 is 0 Å². The summed E-state index contributed by atoms with van der Waals surface area (Å²) < 4.78 is 5.35. The number of methoxy groups -OCH3 is 1. The van der Waals surface area contributed by atoms with Gasteiger partial charge in [-0.3, -0.25) is 0 Å². The van der Waals surface area contributed by atoms with Crippen molar-refractivity contribution < 1.29 is 4.74 Å². The Hall–Kier alpha value is -0.120. The normalized spacial score (nSPS) is 29.1. The number of rotatable bonds is 1. The Kier molecular flexibility index (Phi) is 2.72. The third-order valence-electron chi connectivity index (χ3n) is 2.89. The zero-order chi connectivity index (χ0) is 10.3. The van der Waals surface area contributed by atoms with Gasteiger partial charge >= 0.3 is 0 Å². The van der Waals surface area contributed by atoms with Crippen LogP contribution in [0.1, 0.15) is 40.5 Å². The van der Waals surface area contributed by atoms with Crippen molar-refractivity contribution in [3.63, 3.8) is 0 Å². The van der Waals surface area contributed by atoms with E-state index in [0.29, 0.717) is 0 Å². The molecule has 0 spiro atoms. The number of piperidine rings is 1. The lowest BCUT2D eigenvalue weighted by Gasteiger charge is -2.59. The average molecular weight is 186 g/mol. The summed E-state index contributed by atoms with van der Waals surface area (Å²) in [6.07, 6.45) is 1.85. The van der Waals surface area contributed by atoms with Gasteiger partial charge in [0.05, 0.1) is 6.10 Å². The highest BCUT2D eigenvalue weighted by Crippen LogP contribution is 2.38. The van der Waals surface area contributed by atoms with Gasteiger partial charge in [-0.1, -0.05) is 0 Å². The molecule has 0 radical (unpaired) electrons. The van der Waals surface area contributed by atoms with Crippen LogP contribution in [0.15, 0.2) is 0 Å². The van der Waals surface area contributed by atoms with Crippen LogP contribution in [-0.4, -0.2) is 29.4 Å². The van der Waals surface area contributed by atoms with Crippen LogP contribution in [0.25, 0.3) is 0 Å². The van der Waals surface area contributed by atoms with E-state index < -0.39 is 0 Å². The van der Waals surface area contributed by atoms with Crippen LogP contribution in [0.3, 0.4) is 0 Å². The van der Waals surface area contributed by atoms with Gasteiger partial charge in [-0.05, 0) is 40.5 Å². The molecule has 0 amide bonds. The lowest BCUT2D eigenvalue weighted by atomic mass is 9.80. The molecule has 13 heavy (non-hydrogen) atoms. The molecule has 3 nitrogen and oxygen atoms in total. The largest absolute Gasteiger partial charge is 0.784 e. The first-order valence-corrected chi connectivity index (χ1v) is 4.80. The fourth-order valence-corrected chi connectivity index (χ4v) is 2.34. The van der Waals surface area contributed by atoms with E-state index in [4.69, 9.17) is 4.74 Å². The molecular weight excluding hydrogens is 166 g/mol. The van der Waals surface area contributed by atoms with Gasteiger partial charge in [0.15, 0.2) is 0 Å². The molecule has 0 atom stereocenters. The van der Waals surface area contributed by atoms with Crippen LogP contribution in [0.4, 0.5) is 0 Å². The van der Waals surface area contributed by atoms with Crippen molar-refractivity contribution in [3.8, 4) is 0 Å². The van der Waals surface area contributed by atoms with Gasteiger partial charge in [-0.15, -0.1) is 0 Å². The van der Waals surface area contributed by atoms with Gasteiger partial charge in [0.2, 0.25) is 0 Å². The Labute approximate surface area is 80.6 Å². The molecule has 1 heterocycles. The molecule has 0 aromatic rings. The first-order chi connectivity index (χ1) is 5.79. The van der Waals surface area contributed by atoms with Gasteiger partial charge in [0, 0.05) is 18.2 Å². The molecule has 0 aliphatic carbocycles. The Bertz CT molecular complexity index is 171. The highest BCUT2D eigenvalue weighted by Gasteiger charge is 2.39. The van der Waals surface area contributed by atoms with E-state index in [9.17, 15) is 5.21 Å². The van der Waals surface area contributed by atoms with E-state index in [1.54, 1.807) is 7.11 Å². The maximum Gasteiger partial charge on any atom is 0.0605 e. The predicted octanol–water partition coefficient (Wildman–Crippen LogP) is 2.15. The predicted molar refractivity (Wildman–Crippen MR) is 53.4 cm³/mol. The molecule has 1 aliphatic rings.